The summed E-state index contributed by atoms with van der Waals surface area (Å²) < 4.78 is 12.2. The molecule has 1 saturated heterocycles. The number of nitrogens with one attached hydrogen (secondary N) is 1. The Bertz CT molecular complexity index is 955. The quantitative estimate of drug-likeness (QED) is 0.761. The molecule has 28 heavy (non-hydrogen) atoms. The molecule has 0 bridgehead atoms. The van der Waals surface area contributed by atoms with Crippen molar-refractivity contribution in [2.24, 2.45) is 5.92 Å². The molecule has 6 heteroatoms. The third-order valence-corrected chi connectivity index (χ3v) is 6.04. The Morgan fingerprint density at radius 2 is 2.04 bits per heavy atom. The summed E-state index contributed by atoms with van der Waals surface area (Å²) in [5.74, 6) is -0.150. The van der Waals surface area contributed by atoms with Crippen LogP contribution in [0, 0.1) is 5.92 Å². The molecule has 1 aliphatic carbocycles. The second-order valence-corrected chi connectivity index (χ2v) is 9.23. The van der Waals surface area contributed by atoms with Crippen LogP contribution in [0.1, 0.15) is 51.2 Å². The maximum atomic E-state index is 12.8. The molecule has 1 aliphatic heterocycles. The van der Waals surface area contributed by atoms with E-state index in [1.54, 1.807) is 4.57 Å². The first-order valence-electron chi connectivity index (χ1n) is 9.82. The number of hydrogen-bond donors (Lipinski definition) is 1. The van der Waals surface area contributed by atoms with Crippen LogP contribution in [0.4, 0.5) is 4.79 Å². The first-order valence-corrected chi connectivity index (χ1v) is 9.82. The first-order chi connectivity index (χ1) is 13.1. The van der Waals surface area contributed by atoms with Crippen LogP contribution in [0.2, 0.25) is 0 Å². The minimum atomic E-state index is -0.555. The van der Waals surface area contributed by atoms with Crippen LogP contribution < -0.4 is 5.32 Å². The summed E-state index contributed by atoms with van der Waals surface area (Å²) in [4.78, 5) is 24.9. The molecule has 0 amide bonds. The lowest BCUT2D eigenvalue weighted by molar-refractivity contribution is -0.146. The summed E-state index contributed by atoms with van der Waals surface area (Å²) in [5, 5.41) is 4.71. The standard InChI is InChI=1S/C22H28N2O4/c1-21(2,3)28-20(26)24-12-14-10-22(4)16(9-13(11-23-22)19(25)27-5)15-7-6-8-17(24)18(14)15/h6-8,12-13,16,23H,9-11H2,1-5H3/t13-,16-,22-/m1/s1. The van der Waals surface area contributed by atoms with Gasteiger partial charge in [-0.3, -0.25) is 9.36 Å². The minimum absolute atomic E-state index is 0.159. The summed E-state index contributed by atoms with van der Waals surface area (Å²) in [6, 6.07) is 6.06. The molecule has 2 aliphatic rings. The molecule has 0 unspecified atom stereocenters. The van der Waals surface area contributed by atoms with E-state index in [0.29, 0.717) is 6.54 Å². The van der Waals surface area contributed by atoms with Crippen LogP contribution in [-0.2, 0) is 20.7 Å². The maximum absolute atomic E-state index is 12.8. The summed E-state index contributed by atoms with van der Waals surface area (Å²) in [6.07, 6.45) is 3.09. The minimum Gasteiger partial charge on any atom is -0.469 e. The number of aromatic nitrogens is 1. The van der Waals surface area contributed by atoms with E-state index in [4.69, 9.17) is 9.47 Å². The van der Waals surface area contributed by atoms with E-state index in [9.17, 15) is 9.59 Å². The van der Waals surface area contributed by atoms with E-state index in [-0.39, 0.29) is 29.4 Å². The lowest BCUT2D eigenvalue weighted by atomic mass is 9.65. The Morgan fingerprint density at radius 1 is 1.29 bits per heavy atom. The van der Waals surface area contributed by atoms with Gasteiger partial charge in [0.25, 0.3) is 0 Å². The number of fused-ring (bicyclic) bond motifs is 2. The van der Waals surface area contributed by atoms with Gasteiger partial charge in [-0.15, -0.1) is 0 Å². The van der Waals surface area contributed by atoms with Gasteiger partial charge in [0.2, 0.25) is 0 Å². The molecule has 2 aromatic rings. The lowest BCUT2D eigenvalue weighted by Crippen LogP contribution is -2.57. The number of benzene rings is 1. The number of rotatable bonds is 1. The molecular weight excluding hydrogens is 356 g/mol. The number of nitrogens with zero attached hydrogens (tertiary/aromatic N) is 1. The molecule has 3 atom stereocenters. The zero-order valence-electron chi connectivity index (χ0n) is 17.2. The number of ether oxygens (including phenoxy) is 2. The molecule has 4 rings (SSSR count). The molecule has 0 saturated carbocycles. The summed E-state index contributed by atoms with van der Waals surface area (Å²) in [6.45, 7) is 8.42. The highest BCUT2D eigenvalue weighted by Crippen LogP contribution is 2.47. The predicted octanol–water partition coefficient (Wildman–Crippen LogP) is 3.61. The number of carbonyl (C=O) groups excluding carboxylic acids is 2. The van der Waals surface area contributed by atoms with Crippen molar-refractivity contribution in [3.8, 4) is 0 Å². The van der Waals surface area contributed by atoms with Gasteiger partial charge in [0.1, 0.15) is 5.60 Å². The summed E-state index contributed by atoms with van der Waals surface area (Å²) >= 11 is 0. The van der Waals surface area contributed by atoms with Crippen LogP contribution >= 0.6 is 0 Å². The Labute approximate surface area is 165 Å². The smallest absolute Gasteiger partial charge is 0.419 e. The maximum Gasteiger partial charge on any atom is 0.419 e. The first kappa shape index (κ1) is 19.0. The molecule has 150 valence electrons. The Balaban J connectivity index is 1.79. The van der Waals surface area contributed by atoms with Crippen LogP contribution in [0.5, 0.6) is 0 Å². The number of carbonyl (C=O) groups is 2. The van der Waals surface area contributed by atoms with E-state index < -0.39 is 5.60 Å². The van der Waals surface area contributed by atoms with Crippen LogP contribution in [-0.4, -0.2) is 41.4 Å². The average Bonchev–Trinajstić information content (AvgIpc) is 2.99. The molecule has 1 aromatic heterocycles. The zero-order chi connectivity index (χ0) is 20.3. The van der Waals surface area contributed by atoms with Gasteiger partial charge in [-0.25, -0.2) is 4.79 Å². The number of methoxy groups -OCH3 is 1. The van der Waals surface area contributed by atoms with Crippen molar-refractivity contribution in [1.29, 1.82) is 0 Å². The topological polar surface area (TPSA) is 69.6 Å². The molecule has 6 nitrogen and oxygen atoms in total. The summed E-state index contributed by atoms with van der Waals surface area (Å²) in [5.41, 5.74) is 2.47. The highest BCUT2D eigenvalue weighted by molar-refractivity contribution is 5.95. The van der Waals surface area contributed by atoms with Gasteiger partial charge in [0.05, 0.1) is 18.5 Å². The van der Waals surface area contributed by atoms with E-state index in [2.05, 4.69) is 18.3 Å². The highest BCUT2D eigenvalue weighted by Gasteiger charge is 2.46. The Kier molecular flexibility index (Phi) is 4.30. The average molecular weight is 384 g/mol. The van der Waals surface area contributed by atoms with Crippen molar-refractivity contribution >= 4 is 23.0 Å². The van der Waals surface area contributed by atoms with Crippen molar-refractivity contribution < 1.29 is 19.1 Å². The van der Waals surface area contributed by atoms with Gasteiger partial charge in [-0.2, -0.15) is 0 Å². The largest absolute Gasteiger partial charge is 0.469 e. The van der Waals surface area contributed by atoms with Crippen molar-refractivity contribution in [1.82, 2.24) is 9.88 Å². The van der Waals surface area contributed by atoms with E-state index >= 15 is 0 Å². The fourth-order valence-electron chi connectivity index (χ4n) is 4.79. The zero-order valence-corrected chi connectivity index (χ0v) is 17.2. The van der Waals surface area contributed by atoms with E-state index in [0.717, 1.165) is 29.3 Å². The molecule has 2 heterocycles. The highest BCUT2D eigenvalue weighted by atomic mass is 16.6. The van der Waals surface area contributed by atoms with Crippen molar-refractivity contribution in [2.75, 3.05) is 13.7 Å². The van der Waals surface area contributed by atoms with Crippen LogP contribution in [0.25, 0.3) is 10.9 Å². The van der Waals surface area contributed by atoms with Crippen LogP contribution in [0.15, 0.2) is 24.4 Å². The normalized spacial score (nSPS) is 26.6. The van der Waals surface area contributed by atoms with Gasteiger partial charge < -0.3 is 14.8 Å². The molecule has 1 aromatic carbocycles. The third kappa shape index (κ3) is 3.00. The van der Waals surface area contributed by atoms with E-state index in [1.807, 2.05) is 39.1 Å². The van der Waals surface area contributed by atoms with Crippen molar-refractivity contribution in [2.45, 2.75) is 57.6 Å². The number of hydrogen-bond acceptors (Lipinski definition) is 5. The van der Waals surface area contributed by atoms with Crippen molar-refractivity contribution in [3.05, 3.63) is 35.5 Å². The molecular formula is C22H28N2O4. The molecule has 0 radical (unpaired) electrons. The van der Waals surface area contributed by atoms with Gasteiger partial charge >= 0.3 is 12.1 Å². The SMILES string of the molecule is COC(=O)[C@H]1CN[C@]2(C)Cc3cn(C(=O)OC(C)(C)C)c4cccc(c34)[C@H]2C1. The fourth-order valence-corrected chi connectivity index (χ4v) is 4.79. The Hall–Kier alpha value is -2.34. The second-order valence-electron chi connectivity index (χ2n) is 9.23. The summed E-state index contributed by atoms with van der Waals surface area (Å²) in [7, 11) is 1.44. The van der Waals surface area contributed by atoms with Gasteiger partial charge in [-0.05, 0) is 57.7 Å². The monoisotopic (exact) mass is 384 g/mol. The van der Waals surface area contributed by atoms with Crippen molar-refractivity contribution in [3.63, 3.8) is 0 Å². The third-order valence-electron chi connectivity index (χ3n) is 6.04. The van der Waals surface area contributed by atoms with Gasteiger partial charge in [0.15, 0.2) is 0 Å². The van der Waals surface area contributed by atoms with E-state index in [1.165, 1.54) is 12.7 Å². The van der Waals surface area contributed by atoms with Gasteiger partial charge in [-0.1, -0.05) is 12.1 Å². The predicted molar refractivity (Wildman–Crippen MR) is 107 cm³/mol. The lowest BCUT2D eigenvalue weighted by Gasteiger charge is -2.47. The van der Waals surface area contributed by atoms with Gasteiger partial charge in [0, 0.05) is 29.6 Å². The number of piperidine rings is 1. The molecule has 1 fully saturated rings. The molecule has 1 N–H and O–H groups in total. The second kappa shape index (κ2) is 6.34. The Morgan fingerprint density at radius 3 is 2.71 bits per heavy atom. The number of esters is 1. The fraction of sp³-hybridized carbons (Fsp3) is 0.545. The molecule has 0 spiro atoms. The van der Waals surface area contributed by atoms with Crippen LogP contribution in [0.3, 0.4) is 0 Å².